The quantitative estimate of drug-likeness (QED) is 0.212. The van der Waals surface area contributed by atoms with E-state index in [4.69, 9.17) is 9.47 Å². The predicted octanol–water partition coefficient (Wildman–Crippen LogP) is 5.64. The molecule has 1 amide bonds. The van der Waals surface area contributed by atoms with Crippen LogP contribution in [-0.2, 0) is 16.1 Å². The first-order valence-corrected chi connectivity index (χ1v) is 15.4. The summed E-state index contributed by atoms with van der Waals surface area (Å²) in [6.07, 6.45) is -1.07. The first kappa shape index (κ1) is 30.8. The van der Waals surface area contributed by atoms with Gasteiger partial charge in [0, 0.05) is 47.9 Å². The lowest BCUT2D eigenvalue weighted by Crippen LogP contribution is -2.44. The molecule has 2 aliphatic heterocycles. The van der Waals surface area contributed by atoms with Gasteiger partial charge in [0.05, 0.1) is 24.9 Å². The second kappa shape index (κ2) is 13.9. The molecule has 232 valence electrons. The van der Waals surface area contributed by atoms with Crippen molar-refractivity contribution in [2.45, 2.75) is 50.5 Å². The third-order valence-electron chi connectivity index (χ3n) is 8.60. The highest BCUT2D eigenvalue weighted by atomic mass is 16.7. The highest BCUT2D eigenvalue weighted by Gasteiger charge is 2.43. The zero-order valence-corrected chi connectivity index (χ0v) is 25.2. The van der Waals surface area contributed by atoms with E-state index in [1.807, 2.05) is 54.6 Å². The number of anilines is 1. The van der Waals surface area contributed by atoms with Crippen molar-refractivity contribution in [2.24, 2.45) is 0 Å². The smallest absolute Gasteiger partial charge is 0.255 e. The number of Topliss-reactive ketones (excluding diaryl/α,β-unsaturated/α-hetero) is 1. The average molecular weight is 607 g/mol. The zero-order chi connectivity index (χ0) is 31.3. The van der Waals surface area contributed by atoms with E-state index in [1.165, 1.54) is 6.92 Å². The van der Waals surface area contributed by atoms with Crippen LogP contribution >= 0.6 is 0 Å². The Morgan fingerprint density at radius 1 is 0.844 bits per heavy atom. The van der Waals surface area contributed by atoms with Crippen LogP contribution in [0.4, 0.5) is 5.69 Å². The summed E-state index contributed by atoms with van der Waals surface area (Å²) >= 11 is 0. The number of aliphatic hydroxyl groups excluding tert-OH is 2. The van der Waals surface area contributed by atoms with Gasteiger partial charge in [-0.15, -0.1) is 0 Å². The van der Waals surface area contributed by atoms with Gasteiger partial charge >= 0.3 is 0 Å². The van der Waals surface area contributed by atoms with Crippen LogP contribution in [0.3, 0.4) is 0 Å². The van der Waals surface area contributed by atoms with Crippen LogP contribution < -0.4 is 5.32 Å². The number of nitrogens with zero attached hydrogens (tertiary/aromatic N) is 1. The molecule has 0 spiro atoms. The molecule has 8 nitrogen and oxygen atoms in total. The summed E-state index contributed by atoms with van der Waals surface area (Å²) in [5.41, 5.74) is 5.05. The lowest BCUT2D eigenvalue weighted by atomic mass is 9.83. The van der Waals surface area contributed by atoms with Crippen molar-refractivity contribution in [2.75, 3.05) is 25.0 Å². The molecule has 5 unspecified atom stereocenters. The van der Waals surface area contributed by atoms with Crippen LogP contribution in [0.25, 0.3) is 0 Å². The second-order valence-corrected chi connectivity index (χ2v) is 11.8. The Morgan fingerprint density at radius 3 is 2.29 bits per heavy atom. The fraction of sp³-hybridized carbons (Fsp3) is 0.297. The maximum absolute atomic E-state index is 13.3. The molecule has 45 heavy (non-hydrogen) atoms. The number of benzene rings is 4. The van der Waals surface area contributed by atoms with Crippen molar-refractivity contribution in [3.63, 3.8) is 0 Å². The third kappa shape index (κ3) is 7.22. The van der Waals surface area contributed by atoms with Gasteiger partial charge in [0.1, 0.15) is 0 Å². The van der Waals surface area contributed by atoms with E-state index in [0.717, 1.165) is 29.7 Å². The minimum Gasteiger partial charge on any atom is -0.392 e. The molecule has 2 aliphatic rings. The Balaban J connectivity index is 1.33. The zero-order valence-electron chi connectivity index (χ0n) is 25.2. The van der Waals surface area contributed by atoms with Crippen LogP contribution in [0.1, 0.15) is 74.6 Å². The molecular formula is C37H38N2O6. The summed E-state index contributed by atoms with van der Waals surface area (Å²) < 4.78 is 13.6. The topological polar surface area (TPSA) is 108 Å². The molecule has 0 aromatic heterocycles. The fourth-order valence-corrected chi connectivity index (χ4v) is 6.24. The minimum absolute atomic E-state index is 0.0481. The van der Waals surface area contributed by atoms with Crippen LogP contribution in [-0.4, -0.2) is 58.6 Å². The molecule has 2 saturated heterocycles. The number of ether oxygens (including phenoxy) is 2. The molecule has 4 aromatic rings. The number of nitrogens with one attached hydrogen (secondary N) is 1. The van der Waals surface area contributed by atoms with E-state index in [2.05, 4.69) is 22.3 Å². The van der Waals surface area contributed by atoms with Crippen LogP contribution in [0.5, 0.6) is 0 Å². The summed E-state index contributed by atoms with van der Waals surface area (Å²) in [4.78, 5) is 27.4. The van der Waals surface area contributed by atoms with Gasteiger partial charge in [-0.3, -0.25) is 14.5 Å². The molecule has 0 bridgehead atoms. The molecule has 8 heteroatoms. The van der Waals surface area contributed by atoms with Crippen molar-refractivity contribution in [1.82, 2.24) is 4.90 Å². The lowest BCUT2D eigenvalue weighted by molar-refractivity contribution is -0.263. The van der Waals surface area contributed by atoms with E-state index in [-0.39, 0.29) is 42.5 Å². The van der Waals surface area contributed by atoms with Gasteiger partial charge < -0.3 is 25.0 Å². The minimum atomic E-state index is -0.765. The molecule has 2 fully saturated rings. The monoisotopic (exact) mass is 606 g/mol. The highest BCUT2D eigenvalue weighted by molar-refractivity contribution is 6.05. The number of rotatable bonds is 9. The Labute approximate surface area is 263 Å². The number of hydrogen-bond donors (Lipinski definition) is 3. The third-order valence-corrected chi connectivity index (χ3v) is 8.60. The van der Waals surface area contributed by atoms with E-state index >= 15 is 0 Å². The van der Waals surface area contributed by atoms with Crippen LogP contribution in [0, 0.1) is 0 Å². The van der Waals surface area contributed by atoms with Crippen molar-refractivity contribution < 1.29 is 29.3 Å². The van der Waals surface area contributed by atoms with Crippen molar-refractivity contribution in [3.8, 4) is 0 Å². The van der Waals surface area contributed by atoms with E-state index in [0.29, 0.717) is 35.5 Å². The standard InChI is InChI=1S/C37H38N2O6/c1-24(41)28-9-6-12-31(20-28)38-36(43)29-10-5-11-30(19-29)37-44-33(22-39-18-17-32(42)21-39)34(26-7-3-2-4-8-26)35(45-37)27-15-13-25(23-40)14-16-27/h2-16,19-20,32-35,37,40,42H,17-18,21-23H2,1H3,(H,38,43). The summed E-state index contributed by atoms with van der Waals surface area (Å²) in [6.45, 7) is 3.42. The first-order valence-electron chi connectivity index (χ1n) is 15.4. The van der Waals surface area contributed by atoms with Gasteiger partial charge in [-0.1, -0.05) is 78.9 Å². The Hall–Kier alpha value is -4.18. The number of amides is 1. The number of aliphatic hydroxyl groups is 2. The van der Waals surface area contributed by atoms with E-state index in [1.54, 1.807) is 36.4 Å². The van der Waals surface area contributed by atoms with Gasteiger partial charge in [-0.2, -0.15) is 0 Å². The van der Waals surface area contributed by atoms with Crippen molar-refractivity contribution >= 4 is 17.4 Å². The van der Waals surface area contributed by atoms with Gasteiger partial charge in [0.25, 0.3) is 5.91 Å². The largest absolute Gasteiger partial charge is 0.392 e. The molecule has 6 rings (SSSR count). The number of carbonyl (C=O) groups is 2. The number of ketones is 1. The van der Waals surface area contributed by atoms with Gasteiger partial charge in [-0.05, 0) is 54.3 Å². The number of β-amino-alcohol motifs (C(OH)–C–C–N with tert-alkyl or cyclic N) is 1. The Morgan fingerprint density at radius 2 is 1.58 bits per heavy atom. The maximum atomic E-state index is 13.3. The summed E-state index contributed by atoms with van der Waals surface area (Å²) in [5.74, 6) is -0.540. The average Bonchev–Trinajstić information content (AvgIpc) is 3.49. The molecular weight excluding hydrogens is 568 g/mol. The second-order valence-electron chi connectivity index (χ2n) is 11.8. The summed E-state index contributed by atoms with van der Waals surface area (Å²) in [5, 5.41) is 22.8. The molecule has 5 atom stereocenters. The molecule has 4 aromatic carbocycles. The van der Waals surface area contributed by atoms with Gasteiger partial charge in [-0.25, -0.2) is 0 Å². The lowest BCUT2D eigenvalue weighted by Gasteiger charge is -2.44. The normalized spacial score (nSPS) is 23.5. The van der Waals surface area contributed by atoms with E-state index in [9.17, 15) is 19.8 Å². The fourth-order valence-electron chi connectivity index (χ4n) is 6.24. The predicted molar refractivity (Wildman–Crippen MR) is 171 cm³/mol. The first-order chi connectivity index (χ1) is 21.9. The number of carbonyl (C=O) groups excluding carboxylic acids is 2. The molecule has 0 aliphatic carbocycles. The van der Waals surface area contributed by atoms with Crippen molar-refractivity contribution in [3.05, 3.63) is 137 Å². The van der Waals surface area contributed by atoms with Gasteiger partial charge in [0.15, 0.2) is 12.1 Å². The number of likely N-dealkylation sites (tertiary alicyclic amines) is 1. The summed E-state index contributed by atoms with van der Waals surface area (Å²) in [6, 6.07) is 32.1. The molecule has 0 saturated carbocycles. The van der Waals surface area contributed by atoms with Gasteiger partial charge in [0.2, 0.25) is 0 Å². The molecule has 3 N–H and O–H groups in total. The maximum Gasteiger partial charge on any atom is 0.255 e. The van der Waals surface area contributed by atoms with Crippen molar-refractivity contribution in [1.29, 1.82) is 0 Å². The molecule has 2 heterocycles. The van der Waals surface area contributed by atoms with E-state index < -0.39 is 6.29 Å². The van der Waals surface area contributed by atoms with Crippen LogP contribution in [0.2, 0.25) is 0 Å². The Kier molecular flexibility index (Phi) is 9.49. The van der Waals surface area contributed by atoms with Crippen LogP contribution in [0.15, 0.2) is 103 Å². The Bertz CT molecular complexity index is 1630. The SMILES string of the molecule is CC(=O)c1cccc(NC(=O)c2cccc(C3OC(CN4CCC(O)C4)C(c4ccccc4)C(c4ccc(CO)cc4)O3)c2)c1. The summed E-state index contributed by atoms with van der Waals surface area (Å²) in [7, 11) is 0. The molecule has 0 radical (unpaired) electrons. The highest BCUT2D eigenvalue weighted by Crippen LogP contribution is 2.47. The number of hydrogen-bond acceptors (Lipinski definition) is 7.